The topological polar surface area (TPSA) is 51.7 Å². The van der Waals surface area contributed by atoms with Gasteiger partial charge < -0.3 is 9.47 Å². The maximum Gasteiger partial charge on any atom is 0.260 e. The standard InChI is InChI=1S/C23H19ClN2O3S/c1-28-18-10-16(11-19(13-18)29-2)22(27)26(14-15-6-4-3-5-7-15)23-25-20-9-8-17(24)12-21(20)30-23/h3-13H,14H2,1-2H3. The Morgan fingerprint density at radius 1 is 1.00 bits per heavy atom. The van der Waals surface area contributed by atoms with Gasteiger partial charge in [0.25, 0.3) is 5.91 Å². The van der Waals surface area contributed by atoms with Crippen LogP contribution in [0.4, 0.5) is 5.13 Å². The molecule has 0 fully saturated rings. The molecule has 7 heteroatoms. The van der Waals surface area contributed by atoms with Crippen LogP contribution in [0.2, 0.25) is 5.02 Å². The number of aromatic nitrogens is 1. The molecule has 1 amide bonds. The predicted molar refractivity (Wildman–Crippen MR) is 121 cm³/mol. The van der Waals surface area contributed by atoms with E-state index in [-0.39, 0.29) is 5.91 Å². The van der Waals surface area contributed by atoms with E-state index in [1.165, 1.54) is 11.3 Å². The van der Waals surface area contributed by atoms with Crippen LogP contribution in [0, 0.1) is 0 Å². The zero-order valence-electron chi connectivity index (χ0n) is 16.5. The number of methoxy groups -OCH3 is 2. The number of anilines is 1. The van der Waals surface area contributed by atoms with Gasteiger partial charge in [0.15, 0.2) is 5.13 Å². The van der Waals surface area contributed by atoms with Crippen molar-refractivity contribution in [2.45, 2.75) is 6.54 Å². The summed E-state index contributed by atoms with van der Waals surface area (Å²) in [6.45, 7) is 0.382. The average molecular weight is 439 g/mol. The number of hydrogen-bond donors (Lipinski definition) is 0. The van der Waals surface area contributed by atoms with Gasteiger partial charge in [-0.25, -0.2) is 4.98 Å². The van der Waals surface area contributed by atoms with Crippen molar-refractivity contribution in [3.8, 4) is 11.5 Å². The number of benzene rings is 3. The maximum absolute atomic E-state index is 13.6. The number of rotatable bonds is 6. The molecule has 152 valence electrons. The first-order valence-electron chi connectivity index (χ1n) is 9.22. The molecule has 4 rings (SSSR count). The van der Waals surface area contributed by atoms with Crippen molar-refractivity contribution in [1.82, 2.24) is 4.98 Å². The van der Waals surface area contributed by atoms with Crippen LogP contribution in [0.25, 0.3) is 10.2 Å². The highest BCUT2D eigenvalue weighted by atomic mass is 35.5. The van der Waals surface area contributed by atoms with E-state index < -0.39 is 0 Å². The average Bonchev–Trinajstić information content (AvgIpc) is 3.20. The van der Waals surface area contributed by atoms with Crippen LogP contribution in [-0.2, 0) is 6.54 Å². The lowest BCUT2D eigenvalue weighted by Crippen LogP contribution is -2.30. The van der Waals surface area contributed by atoms with Gasteiger partial charge in [0.2, 0.25) is 0 Å². The third kappa shape index (κ3) is 4.25. The van der Waals surface area contributed by atoms with Crippen LogP contribution in [0.5, 0.6) is 11.5 Å². The molecule has 0 unspecified atom stereocenters. The number of nitrogens with zero attached hydrogens (tertiary/aromatic N) is 2. The second-order valence-electron chi connectivity index (χ2n) is 6.59. The third-order valence-corrected chi connectivity index (χ3v) is 5.87. The minimum atomic E-state index is -0.193. The molecule has 30 heavy (non-hydrogen) atoms. The lowest BCUT2D eigenvalue weighted by molar-refractivity contribution is 0.0984. The van der Waals surface area contributed by atoms with Crippen molar-refractivity contribution in [3.63, 3.8) is 0 Å². The smallest absolute Gasteiger partial charge is 0.260 e. The Bertz CT molecular complexity index is 1170. The molecule has 0 atom stereocenters. The van der Waals surface area contributed by atoms with Gasteiger partial charge in [0, 0.05) is 16.7 Å². The summed E-state index contributed by atoms with van der Waals surface area (Å²) in [6.07, 6.45) is 0. The molecular weight excluding hydrogens is 420 g/mol. The van der Waals surface area contributed by atoms with E-state index in [1.54, 1.807) is 43.4 Å². The minimum absolute atomic E-state index is 0.193. The van der Waals surface area contributed by atoms with E-state index in [9.17, 15) is 4.79 Å². The van der Waals surface area contributed by atoms with Crippen molar-refractivity contribution < 1.29 is 14.3 Å². The van der Waals surface area contributed by atoms with Gasteiger partial charge in [-0.05, 0) is 35.9 Å². The summed E-state index contributed by atoms with van der Waals surface area (Å²) in [7, 11) is 3.12. The first kappa shape index (κ1) is 20.2. The fraction of sp³-hybridized carbons (Fsp3) is 0.130. The molecule has 3 aromatic carbocycles. The fourth-order valence-corrected chi connectivity index (χ4v) is 4.32. The van der Waals surface area contributed by atoms with E-state index in [0.717, 1.165) is 15.8 Å². The Kier molecular flexibility index (Phi) is 5.88. The fourth-order valence-electron chi connectivity index (χ4n) is 3.08. The van der Waals surface area contributed by atoms with Gasteiger partial charge in [0.1, 0.15) is 11.5 Å². The highest BCUT2D eigenvalue weighted by molar-refractivity contribution is 7.22. The van der Waals surface area contributed by atoms with Crippen LogP contribution in [0.15, 0.2) is 66.7 Å². The normalized spacial score (nSPS) is 10.8. The van der Waals surface area contributed by atoms with Crippen LogP contribution in [0.1, 0.15) is 15.9 Å². The van der Waals surface area contributed by atoms with Gasteiger partial charge in [-0.2, -0.15) is 0 Å². The second-order valence-corrected chi connectivity index (χ2v) is 8.03. The molecule has 0 aliphatic rings. The minimum Gasteiger partial charge on any atom is -0.497 e. The van der Waals surface area contributed by atoms with Crippen molar-refractivity contribution in [1.29, 1.82) is 0 Å². The second kappa shape index (κ2) is 8.73. The first-order chi connectivity index (χ1) is 14.6. The zero-order chi connectivity index (χ0) is 21.1. The summed E-state index contributed by atoms with van der Waals surface area (Å²) >= 11 is 7.56. The summed E-state index contributed by atoms with van der Waals surface area (Å²) in [5, 5.41) is 1.24. The molecule has 0 bridgehead atoms. The summed E-state index contributed by atoms with van der Waals surface area (Å²) in [5.41, 5.74) is 2.26. The molecule has 5 nitrogen and oxygen atoms in total. The monoisotopic (exact) mass is 438 g/mol. The number of ether oxygens (including phenoxy) is 2. The van der Waals surface area contributed by atoms with E-state index in [1.807, 2.05) is 42.5 Å². The Morgan fingerprint density at radius 3 is 2.37 bits per heavy atom. The molecule has 1 aromatic heterocycles. The molecule has 4 aromatic rings. The molecule has 0 N–H and O–H groups in total. The SMILES string of the molecule is COc1cc(OC)cc(C(=O)N(Cc2ccccc2)c2nc3ccc(Cl)cc3s2)c1. The Labute approximate surface area is 183 Å². The van der Waals surface area contributed by atoms with Crippen molar-refractivity contribution >= 4 is 44.2 Å². The number of carbonyl (C=O) groups excluding carboxylic acids is 1. The number of fused-ring (bicyclic) bond motifs is 1. The molecule has 0 spiro atoms. The molecule has 0 radical (unpaired) electrons. The summed E-state index contributed by atoms with van der Waals surface area (Å²) in [4.78, 5) is 19.9. The largest absolute Gasteiger partial charge is 0.497 e. The van der Waals surface area contributed by atoms with Gasteiger partial charge >= 0.3 is 0 Å². The quantitative estimate of drug-likeness (QED) is 0.381. The van der Waals surface area contributed by atoms with Crippen LogP contribution in [-0.4, -0.2) is 25.1 Å². The van der Waals surface area contributed by atoms with Crippen LogP contribution < -0.4 is 14.4 Å². The van der Waals surface area contributed by atoms with E-state index in [2.05, 4.69) is 4.98 Å². The first-order valence-corrected chi connectivity index (χ1v) is 10.4. The van der Waals surface area contributed by atoms with Gasteiger partial charge in [-0.15, -0.1) is 0 Å². The van der Waals surface area contributed by atoms with Gasteiger partial charge in [-0.1, -0.05) is 53.3 Å². The summed E-state index contributed by atoms with van der Waals surface area (Å²) in [6, 6.07) is 20.5. The molecule has 0 saturated heterocycles. The van der Waals surface area contributed by atoms with Crippen molar-refractivity contribution in [2.75, 3.05) is 19.1 Å². The van der Waals surface area contributed by atoms with Crippen molar-refractivity contribution in [2.24, 2.45) is 0 Å². The Morgan fingerprint density at radius 2 is 1.70 bits per heavy atom. The third-order valence-electron chi connectivity index (χ3n) is 4.60. The van der Waals surface area contributed by atoms with E-state index in [0.29, 0.717) is 33.8 Å². The Balaban J connectivity index is 1.79. The molecule has 1 heterocycles. The van der Waals surface area contributed by atoms with Crippen molar-refractivity contribution in [3.05, 3.63) is 82.9 Å². The molecule has 0 saturated carbocycles. The van der Waals surface area contributed by atoms with Crippen LogP contribution in [0.3, 0.4) is 0 Å². The van der Waals surface area contributed by atoms with Crippen LogP contribution >= 0.6 is 22.9 Å². The highest BCUT2D eigenvalue weighted by Gasteiger charge is 2.23. The van der Waals surface area contributed by atoms with Gasteiger partial charge in [0.05, 0.1) is 31.0 Å². The predicted octanol–water partition coefficient (Wildman–Crippen LogP) is 5.81. The number of amides is 1. The van der Waals surface area contributed by atoms with E-state index in [4.69, 9.17) is 21.1 Å². The van der Waals surface area contributed by atoms with Gasteiger partial charge in [-0.3, -0.25) is 9.69 Å². The number of carbonyl (C=O) groups is 1. The summed E-state index contributed by atoms with van der Waals surface area (Å²) in [5.74, 6) is 0.906. The lowest BCUT2D eigenvalue weighted by Gasteiger charge is -2.21. The van der Waals surface area contributed by atoms with E-state index >= 15 is 0 Å². The molecule has 0 aliphatic heterocycles. The maximum atomic E-state index is 13.6. The highest BCUT2D eigenvalue weighted by Crippen LogP contribution is 2.33. The summed E-state index contributed by atoms with van der Waals surface area (Å²) < 4.78 is 11.6. The number of hydrogen-bond acceptors (Lipinski definition) is 5. The number of halogens is 1. The molecule has 0 aliphatic carbocycles. The zero-order valence-corrected chi connectivity index (χ0v) is 18.0. The Hall–Kier alpha value is -3.09. The molecular formula is C23H19ClN2O3S. The lowest BCUT2D eigenvalue weighted by atomic mass is 10.1. The number of thiazole rings is 1.